The highest BCUT2D eigenvalue weighted by Crippen LogP contribution is 2.31. The van der Waals surface area contributed by atoms with Crippen LogP contribution < -0.4 is 5.32 Å². The van der Waals surface area contributed by atoms with Crippen LogP contribution >= 0.6 is 0 Å². The summed E-state index contributed by atoms with van der Waals surface area (Å²) in [5.74, 6) is -0.184. The lowest BCUT2D eigenvalue weighted by molar-refractivity contribution is -0.137. The highest BCUT2D eigenvalue weighted by atomic mass is 19.4. The Bertz CT molecular complexity index is 844. The molecule has 0 saturated carbocycles. The zero-order valence-electron chi connectivity index (χ0n) is 16.6. The molecule has 29 heavy (non-hydrogen) atoms. The predicted molar refractivity (Wildman–Crippen MR) is 105 cm³/mol. The summed E-state index contributed by atoms with van der Waals surface area (Å²) < 4.78 is 44.1. The number of hydrogen-bond donors (Lipinski definition) is 1. The zero-order chi connectivity index (χ0) is 21.0. The first-order chi connectivity index (χ1) is 13.8. The molecule has 2 aromatic rings. The minimum Gasteiger partial charge on any atom is -0.379 e. The lowest BCUT2D eigenvalue weighted by atomic mass is 10.0. The third-order valence-electron chi connectivity index (χ3n) is 5.20. The van der Waals surface area contributed by atoms with E-state index in [0.717, 1.165) is 28.8 Å². The Morgan fingerprint density at radius 3 is 2.38 bits per heavy atom. The second-order valence-electron chi connectivity index (χ2n) is 7.31. The number of nitrogens with zero attached hydrogens (tertiary/aromatic N) is 1. The lowest BCUT2D eigenvalue weighted by Crippen LogP contribution is -2.43. The first kappa shape index (κ1) is 21.3. The van der Waals surface area contributed by atoms with E-state index in [4.69, 9.17) is 4.74 Å². The van der Waals surface area contributed by atoms with E-state index in [9.17, 15) is 18.0 Å². The number of nitrogens with one attached hydrogen (secondary N) is 1. The molecule has 0 spiro atoms. The van der Waals surface area contributed by atoms with Crippen molar-refractivity contribution in [2.24, 2.45) is 0 Å². The van der Waals surface area contributed by atoms with Gasteiger partial charge in [-0.15, -0.1) is 0 Å². The van der Waals surface area contributed by atoms with E-state index in [1.54, 1.807) is 0 Å². The van der Waals surface area contributed by atoms with Crippen LogP contribution in [-0.4, -0.2) is 43.7 Å². The van der Waals surface area contributed by atoms with Crippen molar-refractivity contribution >= 4 is 5.91 Å². The van der Waals surface area contributed by atoms with Crippen LogP contribution in [0.5, 0.6) is 0 Å². The molecule has 1 atom stereocenters. The SMILES string of the molecule is Cc1ccc(C)c(C(=O)NCC(c2ccc(C(F)(F)F)cc2)N2CCOCC2)c1. The van der Waals surface area contributed by atoms with E-state index in [1.807, 2.05) is 32.0 Å². The summed E-state index contributed by atoms with van der Waals surface area (Å²) >= 11 is 0. The molecule has 1 heterocycles. The number of benzene rings is 2. The van der Waals surface area contributed by atoms with Gasteiger partial charge in [-0.1, -0.05) is 29.8 Å². The Morgan fingerprint density at radius 2 is 1.76 bits per heavy atom. The molecular weight excluding hydrogens is 381 g/mol. The van der Waals surface area contributed by atoms with Crippen molar-refractivity contribution in [3.05, 3.63) is 70.3 Å². The number of hydrogen-bond acceptors (Lipinski definition) is 3. The second kappa shape index (κ2) is 8.97. The Morgan fingerprint density at radius 1 is 1.10 bits per heavy atom. The average Bonchev–Trinajstić information content (AvgIpc) is 2.70. The van der Waals surface area contributed by atoms with Crippen LogP contribution in [0.4, 0.5) is 13.2 Å². The topological polar surface area (TPSA) is 41.6 Å². The molecule has 1 saturated heterocycles. The van der Waals surface area contributed by atoms with Crippen molar-refractivity contribution in [2.45, 2.75) is 26.1 Å². The summed E-state index contributed by atoms with van der Waals surface area (Å²) in [7, 11) is 0. The fourth-order valence-electron chi connectivity index (χ4n) is 3.51. The van der Waals surface area contributed by atoms with Gasteiger partial charge in [0.15, 0.2) is 0 Å². The van der Waals surface area contributed by atoms with E-state index >= 15 is 0 Å². The van der Waals surface area contributed by atoms with Crippen molar-refractivity contribution in [2.75, 3.05) is 32.8 Å². The number of carbonyl (C=O) groups is 1. The van der Waals surface area contributed by atoms with E-state index < -0.39 is 11.7 Å². The third-order valence-corrected chi connectivity index (χ3v) is 5.20. The molecule has 2 aromatic carbocycles. The monoisotopic (exact) mass is 406 g/mol. The highest BCUT2D eigenvalue weighted by Gasteiger charge is 2.31. The quantitative estimate of drug-likeness (QED) is 0.812. The Hall–Kier alpha value is -2.38. The molecule has 1 amide bonds. The van der Waals surface area contributed by atoms with Gasteiger partial charge in [-0.3, -0.25) is 9.69 Å². The number of amides is 1. The van der Waals surface area contributed by atoms with Crippen molar-refractivity contribution in [1.29, 1.82) is 0 Å². The van der Waals surface area contributed by atoms with E-state index in [-0.39, 0.29) is 11.9 Å². The van der Waals surface area contributed by atoms with E-state index in [2.05, 4.69) is 10.2 Å². The van der Waals surface area contributed by atoms with Gasteiger partial charge in [0, 0.05) is 25.2 Å². The van der Waals surface area contributed by atoms with Gasteiger partial charge in [0.25, 0.3) is 5.91 Å². The summed E-state index contributed by atoms with van der Waals surface area (Å²) in [5, 5.41) is 2.96. The first-order valence-electron chi connectivity index (χ1n) is 9.60. The minimum absolute atomic E-state index is 0.184. The number of ether oxygens (including phenoxy) is 1. The molecule has 1 N–H and O–H groups in total. The molecule has 156 valence electrons. The van der Waals surface area contributed by atoms with Gasteiger partial charge in [0.05, 0.1) is 24.8 Å². The number of rotatable bonds is 5. The van der Waals surface area contributed by atoms with Crippen LogP contribution in [-0.2, 0) is 10.9 Å². The van der Waals surface area contributed by atoms with Gasteiger partial charge < -0.3 is 10.1 Å². The molecule has 0 aliphatic carbocycles. The molecule has 7 heteroatoms. The van der Waals surface area contributed by atoms with Gasteiger partial charge in [-0.2, -0.15) is 13.2 Å². The van der Waals surface area contributed by atoms with Crippen LogP contribution in [0.15, 0.2) is 42.5 Å². The normalized spacial score (nSPS) is 16.4. The summed E-state index contributed by atoms with van der Waals surface area (Å²) in [4.78, 5) is 14.9. The summed E-state index contributed by atoms with van der Waals surface area (Å²) in [5.41, 5.74) is 2.54. The van der Waals surface area contributed by atoms with Crippen LogP contribution in [0.3, 0.4) is 0 Å². The maximum atomic E-state index is 12.9. The Labute approximate surface area is 168 Å². The number of halogens is 3. The molecule has 0 radical (unpaired) electrons. The maximum Gasteiger partial charge on any atom is 0.416 e. The molecule has 1 aliphatic rings. The summed E-state index contributed by atoms with van der Waals surface area (Å²) in [6.07, 6.45) is -4.37. The molecule has 1 fully saturated rings. The van der Waals surface area contributed by atoms with Crippen molar-refractivity contribution in [3.63, 3.8) is 0 Å². The molecule has 1 aliphatic heterocycles. The van der Waals surface area contributed by atoms with Crippen LogP contribution in [0, 0.1) is 13.8 Å². The van der Waals surface area contributed by atoms with Gasteiger partial charge in [-0.05, 0) is 43.2 Å². The van der Waals surface area contributed by atoms with E-state index in [0.29, 0.717) is 38.4 Å². The summed E-state index contributed by atoms with van der Waals surface area (Å²) in [6, 6.07) is 10.6. The van der Waals surface area contributed by atoms with Crippen molar-refractivity contribution in [3.8, 4) is 0 Å². The number of carbonyl (C=O) groups excluding carboxylic acids is 1. The largest absolute Gasteiger partial charge is 0.416 e. The van der Waals surface area contributed by atoms with Crippen molar-refractivity contribution in [1.82, 2.24) is 10.2 Å². The molecule has 0 bridgehead atoms. The third kappa shape index (κ3) is 5.36. The minimum atomic E-state index is -4.37. The fourth-order valence-corrected chi connectivity index (χ4v) is 3.51. The van der Waals surface area contributed by atoms with Gasteiger partial charge in [-0.25, -0.2) is 0 Å². The first-order valence-corrected chi connectivity index (χ1v) is 9.60. The fraction of sp³-hybridized carbons (Fsp3) is 0.409. The highest BCUT2D eigenvalue weighted by molar-refractivity contribution is 5.95. The molecule has 1 unspecified atom stereocenters. The maximum absolute atomic E-state index is 12.9. The van der Waals surface area contributed by atoms with Gasteiger partial charge in [0.2, 0.25) is 0 Å². The number of aryl methyl sites for hydroxylation is 2. The Balaban J connectivity index is 1.79. The zero-order valence-corrected chi connectivity index (χ0v) is 16.6. The Kier molecular flexibility index (Phi) is 6.59. The second-order valence-corrected chi connectivity index (χ2v) is 7.31. The molecule has 3 rings (SSSR count). The summed E-state index contributed by atoms with van der Waals surface area (Å²) in [6.45, 7) is 6.54. The smallest absolute Gasteiger partial charge is 0.379 e. The number of morpholine rings is 1. The molecule has 4 nitrogen and oxygen atoms in total. The molecular formula is C22H25F3N2O2. The van der Waals surface area contributed by atoms with Gasteiger partial charge in [0.1, 0.15) is 0 Å². The average molecular weight is 406 g/mol. The van der Waals surface area contributed by atoms with E-state index in [1.165, 1.54) is 12.1 Å². The van der Waals surface area contributed by atoms with Crippen LogP contribution in [0.1, 0.15) is 38.7 Å². The standard InChI is InChI=1S/C22H25F3N2O2/c1-15-3-4-16(2)19(13-15)21(28)26-14-20(27-9-11-29-12-10-27)17-5-7-18(8-6-17)22(23,24)25/h3-8,13,20H,9-12,14H2,1-2H3,(H,26,28). The van der Waals surface area contributed by atoms with Gasteiger partial charge >= 0.3 is 6.18 Å². The van der Waals surface area contributed by atoms with Crippen LogP contribution in [0.25, 0.3) is 0 Å². The van der Waals surface area contributed by atoms with Crippen molar-refractivity contribution < 1.29 is 22.7 Å². The molecule has 0 aromatic heterocycles. The number of alkyl halides is 3. The predicted octanol–water partition coefficient (Wildman–Crippen LogP) is 4.13. The van der Waals surface area contributed by atoms with Crippen LogP contribution in [0.2, 0.25) is 0 Å². The lowest BCUT2D eigenvalue weighted by Gasteiger charge is -2.35.